The van der Waals surface area contributed by atoms with Crippen molar-refractivity contribution >= 4 is 27.4 Å². The van der Waals surface area contributed by atoms with Crippen LogP contribution in [0.4, 0.5) is 0 Å². The summed E-state index contributed by atoms with van der Waals surface area (Å²) in [6, 6.07) is 8.63. The smallest absolute Gasteiger partial charge is 0.243 e. The number of rotatable bonds is 8. The minimum Gasteiger partial charge on any atom is -0.362 e. The Hall–Kier alpha value is -1.18. The molecule has 1 aromatic carbocycles. The Labute approximate surface area is 163 Å². The van der Waals surface area contributed by atoms with Crippen LogP contribution in [0.15, 0.2) is 35.2 Å². The van der Waals surface area contributed by atoms with Crippen molar-refractivity contribution in [2.45, 2.75) is 44.4 Å². The fourth-order valence-corrected chi connectivity index (χ4v) is 4.87. The monoisotopic (exact) mass is 397 g/mol. The molecule has 0 aliphatic carbocycles. The number of nitrogens with zero attached hydrogens (tertiary/aromatic N) is 2. The van der Waals surface area contributed by atoms with Gasteiger partial charge in [0.2, 0.25) is 10.0 Å². The third kappa shape index (κ3) is 5.66. The molecule has 2 rings (SSSR count). The summed E-state index contributed by atoms with van der Waals surface area (Å²) < 4.78 is 26.9. The third-order valence-electron chi connectivity index (χ3n) is 4.99. The van der Waals surface area contributed by atoms with Gasteiger partial charge in [0.1, 0.15) is 0 Å². The molecule has 1 aromatic rings. The highest BCUT2D eigenvalue weighted by Gasteiger charge is 2.29. The second-order valence-corrected chi connectivity index (χ2v) is 9.13. The van der Waals surface area contributed by atoms with E-state index in [4.69, 9.17) is 12.2 Å². The van der Waals surface area contributed by atoms with E-state index >= 15 is 0 Å². The summed E-state index contributed by atoms with van der Waals surface area (Å²) in [5, 5.41) is 4.13. The Bertz CT molecular complexity index is 657. The van der Waals surface area contributed by atoms with Crippen LogP contribution >= 0.6 is 12.2 Å². The number of piperazine rings is 1. The molecular weight excluding hydrogens is 366 g/mol. The molecule has 0 saturated carbocycles. The van der Waals surface area contributed by atoms with Crippen molar-refractivity contribution in [3.63, 3.8) is 0 Å². The molecule has 1 N–H and O–H groups in total. The van der Waals surface area contributed by atoms with Crippen LogP contribution in [0.2, 0.25) is 0 Å². The molecule has 1 heterocycles. The topological polar surface area (TPSA) is 52.6 Å². The van der Waals surface area contributed by atoms with Gasteiger partial charge in [0, 0.05) is 32.7 Å². The van der Waals surface area contributed by atoms with Crippen LogP contribution in [0.25, 0.3) is 0 Å². The summed E-state index contributed by atoms with van der Waals surface area (Å²) in [5.74, 6) is 0.646. The van der Waals surface area contributed by atoms with E-state index in [9.17, 15) is 8.42 Å². The van der Waals surface area contributed by atoms with Crippen LogP contribution in [0.1, 0.15) is 39.5 Å². The molecule has 0 amide bonds. The Morgan fingerprint density at radius 1 is 1.15 bits per heavy atom. The normalized spacial score (nSPS) is 17.1. The first-order valence-corrected chi connectivity index (χ1v) is 11.4. The molecule has 1 aliphatic rings. The van der Waals surface area contributed by atoms with Gasteiger partial charge in [0.25, 0.3) is 0 Å². The maximum Gasteiger partial charge on any atom is 0.243 e. The number of hydrogen-bond donors (Lipinski definition) is 1. The highest BCUT2D eigenvalue weighted by molar-refractivity contribution is 7.89. The molecule has 1 fully saturated rings. The molecule has 7 heteroatoms. The molecule has 5 nitrogen and oxygen atoms in total. The van der Waals surface area contributed by atoms with Gasteiger partial charge in [-0.05, 0) is 36.7 Å². The van der Waals surface area contributed by atoms with Crippen molar-refractivity contribution in [3.8, 4) is 0 Å². The van der Waals surface area contributed by atoms with Crippen LogP contribution in [-0.2, 0) is 10.0 Å². The number of benzene rings is 1. The quantitative estimate of drug-likeness (QED) is 0.683. The molecular formula is C19H31N3O2S2. The highest BCUT2D eigenvalue weighted by Crippen LogP contribution is 2.17. The first-order chi connectivity index (χ1) is 12.5. The molecule has 26 heavy (non-hydrogen) atoms. The van der Waals surface area contributed by atoms with Crippen molar-refractivity contribution in [1.82, 2.24) is 14.5 Å². The number of thiocarbonyl (C=S) groups is 1. The molecule has 1 atom stereocenters. The van der Waals surface area contributed by atoms with Gasteiger partial charge >= 0.3 is 0 Å². The Kier molecular flexibility index (Phi) is 8.31. The van der Waals surface area contributed by atoms with Gasteiger partial charge in [-0.1, -0.05) is 51.3 Å². The van der Waals surface area contributed by atoms with E-state index in [0.717, 1.165) is 18.1 Å². The zero-order chi connectivity index (χ0) is 19.0. The van der Waals surface area contributed by atoms with E-state index in [0.29, 0.717) is 37.0 Å². The second-order valence-electron chi connectivity index (χ2n) is 6.81. The van der Waals surface area contributed by atoms with Gasteiger partial charge in [-0.3, -0.25) is 0 Å². The number of nitrogens with one attached hydrogen (secondary N) is 1. The first-order valence-electron chi connectivity index (χ1n) is 9.57. The fraction of sp³-hybridized carbons (Fsp3) is 0.632. The molecule has 1 saturated heterocycles. The second kappa shape index (κ2) is 10.2. The highest BCUT2D eigenvalue weighted by atomic mass is 32.2. The molecule has 146 valence electrons. The zero-order valence-electron chi connectivity index (χ0n) is 15.9. The lowest BCUT2D eigenvalue weighted by molar-refractivity contribution is 0.262. The maximum absolute atomic E-state index is 12.7. The average Bonchev–Trinajstić information content (AvgIpc) is 2.68. The van der Waals surface area contributed by atoms with Crippen LogP contribution in [0, 0.1) is 5.92 Å². The van der Waals surface area contributed by atoms with Gasteiger partial charge in [-0.15, -0.1) is 0 Å². The van der Waals surface area contributed by atoms with E-state index in [1.54, 1.807) is 28.6 Å². The number of hydrogen-bond acceptors (Lipinski definition) is 3. The minimum absolute atomic E-state index is 0.357. The first kappa shape index (κ1) is 21.1. The van der Waals surface area contributed by atoms with Gasteiger partial charge < -0.3 is 10.2 Å². The van der Waals surface area contributed by atoms with Gasteiger partial charge in [0.15, 0.2) is 5.11 Å². The van der Waals surface area contributed by atoms with Crippen LogP contribution in [-0.4, -0.2) is 55.5 Å². The lowest BCUT2D eigenvalue weighted by Crippen LogP contribution is -2.53. The summed E-state index contributed by atoms with van der Waals surface area (Å²) >= 11 is 5.53. The standard InChI is InChI=1S/C19H31N3O2S2/c1-3-5-9-17(4-2)16-20-19(25)21-12-14-22(15-13-21)26(23,24)18-10-7-6-8-11-18/h6-8,10-11,17H,3-5,9,12-16H2,1-2H3,(H,20,25)/t17-/m0/s1. The van der Waals surface area contributed by atoms with Crippen molar-refractivity contribution in [2.24, 2.45) is 5.92 Å². The van der Waals surface area contributed by atoms with Gasteiger partial charge in [-0.2, -0.15) is 4.31 Å². The van der Waals surface area contributed by atoms with Gasteiger partial charge in [0.05, 0.1) is 4.90 Å². The average molecular weight is 398 g/mol. The third-order valence-corrected chi connectivity index (χ3v) is 7.31. The minimum atomic E-state index is -3.41. The molecule has 0 bridgehead atoms. The summed E-state index contributed by atoms with van der Waals surface area (Å²) in [6.07, 6.45) is 4.85. The summed E-state index contributed by atoms with van der Waals surface area (Å²) in [6.45, 7) is 7.52. The lowest BCUT2D eigenvalue weighted by atomic mass is 9.99. The van der Waals surface area contributed by atoms with Crippen LogP contribution in [0.3, 0.4) is 0 Å². The van der Waals surface area contributed by atoms with E-state index < -0.39 is 10.0 Å². The van der Waals surface area contributed by atoms with Crippen molar-refractivity contribution in [1.29, 1.82) is 0 Å². The van der Waals surface area contributed by atoms with Crippen molar-refractivity contribution in [3.05, 3.63) is 30.3 Å². The SMILES string of the molecule is CCCC[C@H](CC)CNC(=S)N1CCN(S(=O)(=O)c2ccccc2)CC1. The molecule has 0 aromatic heterocycles. The van der Waals surface area contributed by atoms with E-state index in [2.05, 4.69) is 24.1 Å². The Morgan fingerprint density at radius 2 is 1.81 bits per heavy atom. The van der Waals surface area contributed by atoms with E-state index in [1.807, 2.05) is 6.07 Å². The maximum atomic E-state index is 12.7. The summed E-state index contributed by atoms with van der Waals surface area (Å²) in [7, 11) is -3.41. The Balaban J connectivity index is 1.83. The van der Waals surface area contributed by atoms with Crippen LogP contribution < -0.4 is 5.32 Å². The van der Waals surface area contributed by atoms with Crippen molar-refractivity contribution in [2.75, 3.05) is 32.7 Å². The fourth-order valence-electron chi connectivity index (χ4n) is 3.16. The van der Waals surface area contributed by atoms with E-state index in [1.165, 1.54) is 19.3 Å². The molecule has 0 radical (unpaired) electrons. The molecule has 0 unspecified atom stereocenters. The number of unbranched alkanes of at least 4 members (excludes halogenated alkanes) is 1. The van der Waals surface area contributed by atoms with Crippen molar-refractivity contribution < 1.29 is 8.42 Å². The molecule has 1 aliphatic heterocycles. The predicted molar refractivity (Wildman–Crippen MR) is 111 cm³/mol. The van der Waals surface area contributed by atoms with Crippen LogP contribution in [0.5, 0.6) is 0 Å². The van der Waals surface area contributed by atoms with Gasteiger partial charge in [-0.25, -0.2) is 8.42 Å². The Morgan fingerprint density at radius 3 is 2.38 bits per heavy atom. The molecule has 0 spiro atoms. The van der Waals surface area contributed by atoms with E-state index in [-0.39, 0.29) is 0 Å². The zero-order valence-corrected chi connectivity index (χ0v) is 17.5. The predicted octanol–water partition coefficient (Wildman–Crippen LogP) is 3.08. The summed E-state index contributed by atoms with van der Waals surface area (Å²) in [4.78, 5) is 2.44. The lowest BCUT2D eigenvalue weighted by Gasteiger charge is -2.35. The summed E-state index contributed by atoms with van der Waals surface area (Å²) in [5.41, 5.74) is 0. The largest absolute Gasteiger partial charge is 0.362 e. The number of sulfonamides is 1.